The molecule has 0 spiro atoms. The maximum Gasteiger partial charge on any atom is 0.0586 e. The van der Waals surface area contributed by atoms with Gasteiger partial charge < -0.3 is 4.74 Å². The summed E-state index contributed by atoms with van der Waals surface area (Å²) >= 11 is 6.29. The first-order valence-corrected chi connectivity index (χ1v) is 6.55. The Hall–Kier alpha value is -0.530. The standard InChI is InChI=1S/C14H21ClO/c1-2-3-11-16-12-7-10-14(15)13-8-5-4-6-9-13/h4-6,8-9,14H,2-3,7,10-12H2,1H3. The van der Waals surface area contributed by atoms with Crippen LogP contribution in [0.15, 0.2) is 30.3 Å². The van der Waals surface area contributed by atoms with Crippen molar-refractivity contribution < 1.29 is 4.74 Å². The van der Waals surface area contributed by atoms with Crippen LogP contribution < -0.4 is 0 Å². The summed E-state index contributed by atoms with van der Waals surface area (Å²) in [6.07, 6.45) is 4.37. The molecule has 1 atom stereocenters. The fraction of sp³-hybridized carbons (Fsp3) is 0.571. The van der Waals surface area contributed by atoms with Gasteiger partial charge in [0.15, 0.2) is 0 Å². The van der Waals surface area contributed by atoms with Crippen LogP contribution in [0, 0.1) is 0 Å². The summed E-state index contributed by atoms with van der Waals surface area (Å²) in [5, 5.41) is 0.121. The highest BCUT2D eigenvalue weighted by atomic mass is 35.5. The highest BCUT2D eigenvalue weighted by Crippen LogP contribution is 2.24. The van der Waals surface area contributed by atoms with Crippen molar-refractivity contribution >= 4 is 11.6 Å². The summed E-state index contributed by atoms with van der Waals surface area (Å²) < 4.78 is 5.50. The van der Waals surface area contributed by atoms with Crippen molar-refractivity contribution in [2.45, 2.75) is 38.0 Å². The molecule has 0 aliphatic heterocycles. The molecule has 0 saturated carbocycles. The molecule has 0 heterocycles. The van der Waals surface area contributed by atoms with Crippen LogP contribution in [0.25, 0.3) is 0 Å². The van der Waals surface area contributed by atoms with Crippen LogP contribution >= 0.6 is 11.6 Å². The van der Waals surface area contributed by atoms with Gasteiger partial charge in [-0.05, 0) is 24.8 Å². The number of halogens is 1. The van der Waals surface area contributed by atoms with Crippen molar-refractivity contribution in [2.24, 2.45) is 0 Å². The van der Waals surface area contributed by atoms with Crippen molar-refractivity contribution in [1.29, 1.82) is 0 Å². The van der Waals surface area contributed by atoms with Gasteiger partial charge in [0.1, 0.15) is 0 Å². The van der Waals surface area contributed by atoms with Gasteiger partial charge >= 0.3 is 0 Å². The second-order valence-corrected chi connectivity index (χ2v) is 4.51. The Labute approximate surface area is 104 Å². The van der Waals surface area contributed by atoms with E-state index in [0.717, 1.165) is 32.5 Å². The van der Waals surface area contributed by atoms with E-state index in [9.17, 15) is 0 Å². The number of rotatable bonds is 8. The number of unbranched alkanes of at least 4 members (excludes halogenated alkanes) is 1. The van der Waals surface area contributed by atoms with Gasteiger partial charge in [-0.3, -0.25) is 0 Å². The van der Waals surface area contributed by atoms with E-state index in [1.165, 1.54) is 12.0 Å². The summed E-state index contributed by atoms with van der Waals surface area (Å²) in [7, 11) is 0. The van der Waals surface area contributed by atoms with E-state index in [4.69, 9.17) is 16.3 Å². The first kappa shape index (κ1) is 13.5. The average molecular weight is 241 g/mol. The Morgan fingerprint density at radius 3 is 2.50 bits per heavy atom. The second-order valence-electron chi connectivity index (χ2n) is 3.99. The van der Waals surface area contributed by atoms with Crippen LogP contribution in [0.2, 0.25) is 0 Å². The fourth-order valence-corrected chi connectivity index (χ4v) is 1.84. The second kappa shape index (κ2) is 8.60. The highest BCUT2D eigenvalue weighted by Gasteiger charge is 2.06. The molecular weight excluding hydrogens is 220 g/mol. The molecule has 90 valence electrons. The van der Waals surface area contributed by atoms with Crippen molar-refractivity contribution in [2.75, 3.05) is 13.2 Å². The summed E-state index contributed by atoms with van der Waals surface area (Å²) in [6.45, 7) is 3.89. The van der Waals surface area contributed by atoms with E-state index in [0.29, 0.717) is 0 Å². The molecule has 0 aliphatic carbocycles. The lowest BCUT2D eigenvalue weighted by molar-refractivity contribution is 0.127. The van der Waals surface area contributed by atoms with E-state index in [-0.39, 0.29) is 5.38 Å². The molecule has 1 aromatic rings. The minimum Gasteiger partial charge on any atom is -0.381 e. The van der Waals surface area contributed by atoms with Crippen LogP contribution in [0.3, 0.4) is 0 Å². The predicted octanol–water partition coefficient (Wildman–Crippen LogP) is 4.56. The zero-order valence-electron chi connectivity index (χ0n) is 9.99. The maximum absolute atomic E-state index is 6.29. The molecule has 0 saturated heterocycles. The van der Waals surface area contributed by atoms with E-state index >= 15 is 0 Å². The Balaban J connectivity index is 2.09. The van der Waals surface area contributed by atoms with Gasteiger partial charge in [-0.15, -0.1) is 11.6 Å². The Bertz CT molecular complexity index is 261. The molecule has 0 aromatic heterocycles. The predicted molar refractivity (Wildman–Crippen MR) is 70.0 cm³/mol. The van der Waals surface area contributed by atoms with Gasteiger partial charge in [0.05, 0.1) is 5.38 Å². The molecular formula is C14H21ClO. The number of ether oxygens (including phenoxy) is 1. The maximum atomic E-state index is 6.29. The van der Waals surface area contributed by atoms with Gasteiger partial charge in [0.25, 0.3) is 0 Å². The van der Waals surface area contributed by atoms with E-state index in [1.54, 1.807) is 0 Å². The van der Waals surface area contributed by atoms with Gasteiger partial charge in [-0.1, -0.05) is 43.7 Å². The van der Waals surface area contributed by atoms with Crippen LogP contribution in [0.4, 0.5) is 0 Å². The molecule has 1 aromatic carbocycles. The topological polar surface area (TPSA) is 9.23 Å². The Kier molecular flexibility index (Phi) is 7.28. The first-order valence-electron chi connectivity index (χ1n) is 6.11. The normalized spacial score (nSPS) is 12.6. The molecule has 1 nitrogen and oxygen atoms in total. The van der Waals surface area contributed by atoms with Crippen LogP contribution in [-0.2, 0) is 4.74 Å². The van der Waals surface area contributed by atoms with Crippen molar-refractivity contribution in [3.05, 3.63) is 35.9 Å². The lowest BCUT2D eigenvalue weighted by Gasteiger charge is -2.09. The third-order valence-electron chi connectivity index (χ3n) is 2.55. The van der Waals surface area contributed by atoms with E-state index < -0.39 is 0 Å². The molecule has 0 radical (unpaired) electrons. The fourth-order valence-electron chi connectivity index (χ4n) is 1.54. The largest absolute Gasteiger partial charge is 0.381 e. The Morgan fingerprint density at radius 1 is 1.12 bits per heavy atom. The number of hydrogen-bond donors (Lipinski definition) is 0. The summed E-state index contributed by atoms with van der Waals surface area (Å²) in [5.41, 5.74) is 1.21. The van der Waals surface area contributed by atoms with Crippen LogP contribution in [-0.4, -0.2) is 13.2 Å². The van der Waals surface area contributed by atoms with Crippen LogP contribution in [0.5, 0.6) is 0 Å². The molecule has 2 heteroatoms. The van der Waals surface area contributed by atoms with Crippen molar-refractivity contribution in [3.8, 4) is 0 Å². The number of hydrogen-bond acceptors (Lipinski definition) is 1. The summed E-state index contributed by atoms with van der Waals surface area (Å²) in [5.74, 6) is 0. The van der Waals surface area contributed by atoms with Gasteiger partial charge in [0, 0.05) is 13.2 Å². The van der Waals surface area contributed by atoms with Gasteiger partial charge in [0.2, 0.25) is 0 Å². The quantitative estimate of drug-likeness (QED) is 0.478. The van der Waals surface area contributed by atoms with E-state index in [2.05, 4.69) is 19.1 Å². The Morgan fingerprint density at radius 2 is 1.81 bits per heavy atom. The zero-order chi connectivity index (χ0) is 11.6. The van der Waals surface area contributed by atoms with Crippen LogP contribution in [0.1, 0.15) is 43.5 Å². The monoisotopic (exact) mass is 240 g/mol. The number of alkyl halides is 1. The zero-order valence-corrected chi connectivity index (χ0v) is 10.7. The average Bonchev–Trinajstić information content (AvgIpc) is 2.34. The smallest absolute Gasteiger partial charge is 0.0586 e. The SMILES string of the molecule is CCCCOCCCC(Cl)c1ccccc1. The summed E-state index contributed by atoms with van der Waals surface area (Å²) in [6, 6.07) is 10.2. The van der Waals surface area contributed by atoms with Crippen molar-refractivity contribution in [3.63, 3.8) is 0 Å². The van der Waals surface area contributed by atoms with Gasteiger partial charge in [-0.25, -0.2) is 0 Å². The molecule has 0 amide bonds. The molecule has 0 aliphatic rings. The first-order chi connectivity index (χ1) is 7.84. The lowest BCUT2D eigenvalue weighted by Crippen LogP contribution is -1.98. The molecule has 1 unspecified atom stereocenters. The minimum atomic E-state index is 0.121. The third-order valence-corrected chi connectivity index (χ3v) is 3.02. The molecule has 1 rings (SSSR count). The lowest BCUT2D eigenvalue weighted by atomic mass is 10.1. The van der Waals surface area contributed by atoms with Crippen molar-refractivity contribution in [1.82, 2.24) is 0 Å². The minimum absolute atomic E-state index is 0.121. The number of benzene rings is 1. The highest BCUT2D eigenvalue weighted by molar-refractivity contribution is 6.20. The van der Waals surface area contributed by atoms with E-state index in [1.807, 2.05) is 18.2 Å². The van der Waals surface area contributed by atoms with Gasteiger partial charge in [-0.2, -0.15) is 0 Å². The summed E-state index contributed by atoms with van der Waals surface area (Å²) in [4.78, 5) is 0. The molecule has 0 fully saturated rings. The third kappa shape index (κ3) is 5.53. The molecule has 16 heavy (non-hydrogen) atoms. The molecule has 0 N–H and O–H groups in total. The molecule has 0 bridgehead atoms.